The van der Waals surface area contributed by atoms with Gasteiger partial charge in [-0.2, -0.15) is 0 Å². The van der Waals surface area contributed by atoms with E-state index in [2.05, 4.69) is 194 Å². The minimum absolute atomic E-state index is 0.0427. The molecule has 0 amide bonds. The highest BCUT2D eigenvalue weighted by Crippen LogP contribution is 2.43. The van der Waals surface area contributed by atoms with E-state index in [1.54, 1.807) is 0 Å². The van der Waals surface area contributed by atoms with Crippen LogP contribution in [0.15, 0.2) is 90.8 Å². The number of nitrogens with zero attached hydrogens (tertiary/aromatic N) is 2. The maximum absolute atomic E-state index is 4.57. The van der Waals surface area contributed by atoms with Crippen molar-refractivity contribution >= 4 is 50.3 Å². The molecule has 2 aromatic carbocycles. The van der Waals surface area contributed by atoms with Crippen LogP contribution in [0, 0.1) is 16.7 Å². The maximum atomic E-state index is 4.57. The maximum Gasteiger partial charge on any atom is 0.210 e. The molecule has 2 heterocycles. The first kappa shape index (κ1) is 42.9. The number of thiophene rings is 1. The summed E-state index contributed by atoms with van der Waals surface area (Å²) >= 11 is 1.95. The minimum atomic E-state index is 0.0427. The Morgan fingerprint density at radius 1 is 0.982 bits per heavy atom. The van der Waals surface area contributed by atoms with E-state index in [0.29, 0.717) is 17.8 Å². The number of rotatable bonds is 10. The molecule has 4 heteroatoms. The van der Waals surface area contributed by atoms with Gasteiger partial charge in [0.2, 0.25) is 7.28 Å². The largest absolute Gasteiger partial charge is 0.360 e. The summed E-state index contributed by atoms with van der Waals surface area (Å²) in [5, 5.41) is 1.35. The molecule has 1 aliphatic heterocycles. The molecule has 2 nitrogen and oxygen atoms in total. The normalized spacial score (nSPS) is 20.3. The second-order valence-electron chi connectivity index (χ2n) is 19.8. The third-order valence-electron chi connectivity index (χ3n) is 12.2. The summed E-state index contributed by atoms with van der Waals surface area (Å²) in [6.07, 6.45) is 22.0. The first-order chi connectivity index (χ1) is 25.8. The molecule has 0 saturated heterocycles. The highest BCUT2D eigenvalue weighted by atomic mass is 32.1. The fourth-order valence-corrected chi connectivity index (χ4v) is 9.45. The topological polar surface area (TPSA) is 6.48 Å². The molecule has 0 fully saturated rings. The Balaban J connectivity index is 1.85. The Labute approximate surface area is 341 Å². The van der Waals surface area contributed by atoms with Crippen molar-refractivity contribution in [3.8, 4) is 0 Å². The number of fused-ring (bicyclic) bond motifs is 5. The Bertz CT molecular complexity index is 1950. The van der Waals surface area contributed by atoms with E-state index < -0.39 is 0 Å². The second-order valence-corrected chi connectivity index (χ2v) is 20.9. The molecule has 2 aliphatic rings. The zero-order valence-electron chi connectivity index (χ0n) is 37.1. The Morgan fingerprint density at radius 2 is 1.65 bits per heavy atom. The van der Waals surface area contributed by atoms with Gasteiger partial charge in [-0.05, 0) is 125 Å². The number of allylic oxidation sites excluding steroid dienone is 4. The summed E-state index contributed by atoms with van der Waals surface area (Å²) in [7, 11) is 2.54. The van der Waals surface area contributed by atoms with Crippen molar-refractivity contribution in [2.45, 2.75) is 152 Å². The van der Waals surface area contributed by atoms with Gasteiger partial charge in [-0.3, -0.25) is 0 Å². The molecule has 0 N–H and O–H groups in total. The van der Waals surface area contributed by atoms with E-state index >= 15 is 0 Å². The lowest BCUT2D eigenvalue weighted by Crippen LogP contribution is -2.42. The van der Waals surface area contributed by atoms with Crippen molar-refractivity contribution in [1.29, 1.82) is 0 Å². The van der Waals surface area contributed by atoms with Crippen LogP contribution in [0.5, 0.6) is 0 Å². The van der Waals surface area contributed by atoms with Crippen LogP contribution in [0.1, 0.15) is 158 Å². The fourth-order valence-electron chi connectivity index (χ4n) is 8.30. The number of anilines is 2. The summed E-state index contributed by atoms with van der Waals surface area (Å²) < 4.78 is 2.67. The van der Waals surface area contributed by atoms with Crippen LogP contribution >= 0.6 is 11.3 Å². The van der Waals surface area contributed by atoms with Crippen LogP contribution < -0.4 is 20.0 Å². The highest BCUT2D eigenvalue weighted by Gasteiger charge is 2.32. The van der Waals surface area contributed by atoms with E-state index in [9.17, 15) is 0 Å². The van der Waals surface area contributed by atoms with E-state index in [1.165, 1.54) is 72.5 Å². The summed E-state index contributed by atoms with van der Waals surface area (Å²) in [5.74, 6) is 1.57. The van der Waals surface area contributed by atoms with Gasteiger partial charge in [-0.25, -0.2) is 0 Å². The van der Waals surface area contributed by atoms with Crippen LogP contribution in [0.25, 0.3) is 10.1 Å². The SMILES string of the molecule is C=CC(C/C(=C/C(C)C)C(C)(C)CC)N1C/C=C(\C=C/C)N(/C=C/CC(C)(C)C)c2cc3c(cc2[B]c2sc4ccc(C(C)(C)C)cc4c21)C(C)CCC3C. The molecule has 5 rings (SSSR count). The summed E-state index contributed by atoms with van der Waals surface area (Å²) in [4.78, 5) is 5.18. The van der Waals surface area contributed by atoms with Crippen molar-refractivity contribution in [3.63, 3.8) is 0 Å². The molecule has 3 unspecified atom stereocenters. The summed E-state index contributed by atoms with van der Waals surface area (Å²) in [6, 6.07) is 12.4. The lowest BCUT2D eigenvalue weighted by molar-refractivity contribution is 0.403. The standard InChI is InChI=1S/C51H72BN2S/c1-16-20-40-25-28-54(39(17-2)30-38(29-34(4)5)51(14,15)18-3)47-43-31-37(50(11,12)13)23-24-46(43)55-48(47)52-44-32-41-35(6)21-22-36(7)42(41)33-45(44)53(40)27-19-26-49(8,9)10/h16-17,19-20,23-25,27,29,31-36,39H,2,18,21-22,26,28,30H2,1,3-15H3/b20-16-,27-19+,38-29-,40-25+. The lowest BCUT2D eigenvalue weighted by Gasteiger charge is -2.38. The monoisotopic (exact) mass is 756 g/mol. The van der Waals surface area contributed by atoms with Crippen LogP contribution in [-0.2, 0) is 5.41 Å². The molecule has 1 aromatic heterocycles. The van der Waals surface area contributed by atoms with Crippen molar-refractivity contribution < 1.29 is 0 Å². The predicted molar refractivity (Wildman–Crippen MR) is 250 cm³/mol. The van der Waals surface area contributed by atoms with Crippen LogP contribution in [0.2, 0.25) is 0 Å². The zero-order chi connectivity index (χ0) is 40.5. The molecule has 0 saturated carbocycles. The lowest BCUT2D eigenvalue weighted by atomic mass is 9.64. The Hall–Kier alpha value is -3.24. The van der Waals surface area contributed by atoms with Crippen LogP contribution in [-0.4, -0.2) is 19.9 Å². The highest BCUT2D eigenvalue weighted by molar-refractivity contribution is 7.29. The van der Waals surface area contributed by atoms with Crippen molar-refractivity contribution in [3.05, 3.63) is 108 Å². The van der Waals surface area contributed by atoms with Crippen molar-refractivity contribution in [2.75, 3.05) is 16.3 Å². The third kappa shape index (κ3) is 9.84. The van der Waals surface area contributed by atoms with Gasteiger partial charge < -0.3 is 9.80 Å². The molecule has 0 spiro atoms. The smallest absolute Gasteiger partial charge is 0.210 e. The quantitative estimate of drug-likeness (QED) is 0.150. The molecule has 295 valence electrons. The average Bonchev–Trinajstić information content (AvgIpc) is 3.46. The molecular weight excluding hydrogens is 683 g/mol. The summed E-state index contributed by atoms with van der Waals surface area (Å²) in [5.41, 5.74) is 11.4. The van der Waals surface area contributed by atoms with Gasteiger partial charge in [0, 0.05) is 39.9 Å². The van der Waals surface area contributed by atoms with Crippen LogP contribution in [0.4, 0.5) is 11.4 Å². The summed E-state index contributed by atoms with van der Waals surface area (Å²) in [6.45, 7) is 38.1. The zero-order valence-corrected chi connectivity index (χ0v) is 37.9. The minimum Gasteiger partial charge on any atom is -0.360 e. The van der Waals surface area contributed by atoms with Crippen molar-refractivity contribution in [1.82, 2.24) is 0 Å². The molecule has 3 aromatic rings. The second kappa shape index (κ2) is 17.1. The number of hydrogen-bond donors (Lipinski definition) is 0. The van der Waals surface area contributed by atoms with Gasteiger partial charge in [-0.1, -0.05) is 137 Å². The fraction of sp³-hybridized carbons (Fsp3) is 0.529. The third-order valence-corrected chi connectivity index (χ3v) is 13.3. The van der Waals surface area contributed by atoms with Crippen molar-refractivity contribution in [2.24, 2.45) is 16.7 Å². The predicted octanol–water partition coefficient (Wildman–Crippen LogP) is 13.9. The van der Waals surface area contributed by atoms with E-state index in [1.807, 2.05) is 11.3 Å². The molecular formula is C51H72BN2S. The Kier molecular flexibility index (Phi) is 13.3. The molecule has 0 bridgehead atoms. The average molecular weight is 756 g/mol. The number of hydrogen-bond acceptors (Lipinski definition) is 3. The van der Waals surface area contributed by atoms with E-state index in [-0.39, 0.29) is 22.3 Å². The van der Waals surface area contributed by atoms with Gasteiger partial charge in [-0.15, -0.1) is 17.9 Å². The van der Waals surface area contributed by atoms with Gasteiger partial charge in [0.1, 0.15) is 0 Å². The van der Waals surface area contributed by atoms with Gasteiger partial charge in [0.15, 0.2) is 0 Å². The molecule has 3 atom stereocenters. The van der Waals surface area contributed by atoms with Gasteiger partial charge >= 0.3 is 0 Å². The number of benzene rings is 2. The Morgan fingerprint density at radius 3 is 2.24 bits per heavy atom. The van der Waals surface area contributed by atoms with E-state index in [4.69, 9.17) is 0 Å². The van der Waals surface area contributed by atoms with Gasteiger partial charge in [0.25, 0.3) is 0 Å². The van der Waals surface area contributed by atoms with Crippen LogP contribution in [0.3, 0.4) is 0 Å². The van der Waals surface area contributed by atoms with Gasteiger partial charge in [0.05, 0.1) is 6.04 Å². The first-order valence-corrected chi connectivity index (χ1v) is 22.1. The molecule has 1 aliphatic carbocycles. The van der Waals surface area contributed by atoms with E-state index in [0.717, 1.165) is 25.8 Å². The first-order valence-electron chi connectivity index (χ1n) is 21.3. The molecule has 1 radical (unpaired) electrons. The molecule has 55 heavy (non-hydrogen) atoms.